The molecule has 1 N–H and O–H groups in total. The van der Waals surface area contributed by atoms with Gasteiger partial charge in [-0.1, -0.05) is 6.07 Å². The number of nitrogens with one attached hydrogen (secondary N) is 1. The van der Waals surface area contributed by atoms with Gasteiger partial charge in [-0.2, -0.15) is 0 Å². The van der Waals surface area contributed by atoms with Gasteiger partial charge in [-0.25, -0.2) is 27.2 Å². The molecule has 1 aliphatic rings. The maximum atomic E-state index is 13.6. The molecule has 1 saturated heterocycles. The standard InChI is InChI=1S/C16H16F2N4O3S/c1-22(11-5-6-26(24,25)9-11)16-19-7-10(8-20-16)15(23)21-14-12(17)3-2-4-13(14)18/h2-4,7-8,11H,5-6,9H2,1H3,(H,21,23). The van der Waals surface area contributed by atoms with Crippen molar-refractivity contribution in [2.75, 3.05) is 28.8 Å². The summed E-state index contributed by atoms with van der Waals surface area (Å²) in [4.78, 5) is 21.9. The molecule has 0 aliphatic carbocycles. The van der Waals surface area contributed by atoms with Gasteiger partial charge in [0.1, 0.15) is 17.3 Å². The SMILES string of the molecule is CN(c1ncc(C(=O)Nc2c(F)cccc2F)cn1)C1CCS(=O)(=O)C1. The van der Waals surface area contributed by atoms with Gasteiger partial charge in [0.15, 0.2) is 9.84 Å². The van der Waals surface area contributed by atoms with E-state index in [0.717, 1.165) is 12.1 Å². The number of benzene rings is 1. The van der Waals surface area contributed by atoms with Gasteiger partial charge in [-0.05, 0) is 18.6 Å². The van der Waals surface area contributed by atoms with Crippen LogP contribution >= 0.6 is 0 Å². The van der Waals surface area contributed by atoms with Crippen LogP contribution in [0, 0.1) is 11.6 Å². The smallest absolute Gasteiger partial charge is 0.258 e. The van der Waals surface area contributed by atoms with Crippen LogP contribution in [-0.2, 0) is 9.84 Å². The van der Waals surface area contributed by atoms with Crippen LogP contribution in [0.1, 0.15) is 16.8 Å². The second-order valence-corrected chi connectivity index (χ2v) is 8.22. The van der Waals surface area contributed by atoms with E-state index in [1.165, 1.54) is 18.5 Å². The number of sulfone groups is 1. The van der Waals surface area contributed by atoms with Gasteiger partial charge in [0.2, 0.25) is 5.95 Å². The Bertz CT molecular complexity index is 915. The third-order valence-electron chi connectivity index (χ3n) is 4.17. The first kappa shape index (κ1) is 18.2. The molecule has 138 valence electrons. The van der Waals surface area contributed by atoms with Crippen LogP contribution < -0.4 is 10.2 Å². The maximum Gasteiger partial charge on any atom is 0.258 e. The van der Waals surface area contributed by atoms with Crippen LogP contribution in [0.15, 0.2) is 30.6 Å². The molecule has 3 rings (SSSR count). The maximum absolute atomic E-state index is 13.6. The lowest BCUT2D eigenvalue weighted by atomic mass is 10.2. The number of nitrogens with zero attached hydrogens (tertiary/aromatic N) is 3. The minimum atomic E-state index is -3.05. The van der Waals surface area contributed by atoms with Crippen LogP contribution in [-0.4, -0.2) is 48.9 Å². The number of aromatic nitrogens is 2. The summed E-state index contributed by atoms with van der Waals surface area (Å²) in [5.74, 6) is -2.12. The third-order valence-corrected chi connectivity index (χ3v) is 5.92. The Hall–Kier alpha value is -2.62. The quantitative estimate of drug-likeness (QED) is 0.864. The lowest BCUT2D eigenvalue weighted by Gasteiger charge is -2.23. The molecule has 1 aromatic heterocycles. The number of para-hydroxylation sites is 1. The number of rotatable bonds is 4. The Morgan fingerprint density at radius 1 is 1.23 bits per heavy atom. The van der Waals surface area contributed by atoms with Crippen LogP contribution in [0.5, 0.6) is 0 Å². The van der Waals surface area contributed by atoms with Crippen molar-refractivity contribution in [1.29, 1.82) is 0 Å². The minimum absolute atomic E-state index is 0.0175. The molecule has 0 spiro atoms. The largest absolute Gasteiger partial charge is 0.340 e. The molecule has 0 bridgehead atoms. The molecule has 0 saturated carbocycles. The zero-order chi connectivity index (χ0) is 18.9. The fourth-order valence-electron chi connectivity index (χ4n) is 2.67. The Morgan fingerprint density at radius 2 is 1.85 bits per heavy atom. The van der Waals surface area contributed by atoms with Crippen molar-refractivity contribution in [3.05, 3.63) is 47.8 Å². The topological polar surface area (TPSA) is 92.3 Å². The van der Waals surface area contributed by atoms with Gasteiger partial charge >= 0.3 is 0 Å². The Morgan fingerprint density at radius 3 is 2.38 bits per heavy atom. The van der Waals surface area contributed by atoms with Crippen molar-refractivity contribution in [3.8, 4) is 0 Å². The molecule has 0 radical (unpaired) electrons. The summed E-state index contributed by atoms with van der Waals surface area (Å²) in [5, 5.41) is 2.15. The van der Waals surface area contributed by atoms with Crippen molar-refractivity contribution in [1.82, 2.24) is 9.97 Å². The van der Waals surface area contributed by atoms with Gasteiger partial charge in [-0.15, -0.1) is 0 Å². The highest BCUT2D eigenvalue weighted by molar-refractivity contribution is 7.91. The predicted octanol–water partition coefficient (Wildman–Crippen LogP) is 1.63. The first-order valence-corrected chi connectivity index (χ1v) is 9.59. The van der Waals surface area contributed by atoms with Crippen molar-refractivity contribution < 1.29 is 22.0 Å². The first-order chi connectivity index (χ1) is 12.3. The van der Waals surface area contributed by atoms with E-state index in [4.69, 9.17) is 0 Å². The van der Waals surface area contributed by atoms with Gasteiger partial charge in [0, 0.05) is 25.5 Å². The number of carbonyl (C=O) groups is 1. The fourth-order valence-corrected chi connectivity index (χ4v) is 4.44. The van der Waals surface area contributed by atoms with E-state index in [2.05, 4.69) is 15.3 Å². The van der Waals surface area contributed by atoms with E-state index >= 15 is 0 Å². The molecular weight excluding hydrogens is 366 g/mol. The van der Waals surface area contributed by atoms with Gasteiger partial charge in [-0.3, -0.25) is 4.79 Å². The van der Waals surface area contributed by atoms with Gasteiger partial charge in [0.25, 0.3) is 5.91 Å². The first-order valence-electron chi connectivity index (χ1n) is 7.77. The average Bonchev–Trinajstić information content (AvgIpc) is 2.97. The van der Waals surface area contributed by atoms with Gasteiger partial charge in [0.05, 0.1) is 17.1 Å². The summed E-state index contributed by atoms with van der Waals surface area (Å²) in [7, 11) is -1.37. The van der Waals surface area contributed by atoms with Crippen LogP contribution in [0.2, 0.25) is 0 Å². The number of hydrogen-bond donors (Lipinski definition) is 1. The third kappa shape index (κ3) is 3.79. The highest BCUT2D eigenvalue weighted by Crippen LogP contribution is 2.21. The fraction of sp³-hybridized carbons (Fsp3) is 0.312. The molecule has 2 aromatic rings. The summed E-state index contributed by atoms with van der Waals surface area (Å²) in [6, 6.07) is 3.02. The zero-order valence-corrected chi connectivity index (χ0v) is 14.6. The number of amides is 1. The van der Waals surface area contributed by atoms with E-state index in [9.17, 15) is 22.0 Å². The average molecular weight is 382 g/mol. The normalized spacial score (nSPS) is 18.5. The zero-order valence-electron chi connectivity index (χ0n) is 13.8. The highest BCUT2D eigenvalue weighted by atomic mass is 32.2. The molecule has 1 fully saturated rings. The van der Waals surface area contributed by atoms with E-state index in [1.807, 2.05) is 0 Å². The molecule has 7 nitrogen and oxygen atoms in total. The summed E-state index contributed by atoms with van der Waals surface area (Å²) >= 11 is 0. The molecule has 10 heteroatoms. The number of halogens is 2. The van der Waals surface area contributed by atoms with Crippen molar-refractivity contribution in [3.63, 3.8) is 0 Å². The molecule has 1 amide bonds. The summed E-state index contributed by atoms with van der Waals surface area (Å²) in [5.41, 5.74) is -0.529. The monoisotopic (exact) mass is 382 g/mol. The van der Waals surface area contributed by atoms with E-state index in [-0.39, 0.29) is 29.1 Å². The summed E-state index contributed by atoms with van der Waals surface area (Å²) in [6.07, 6.45) is 2.92. The number of hydrogen-bond acceptors (Lipinski definition) is 6. The van der Waals surface area contributed by atoms with Crippen LogP contribution in [0.3, 0.4) is 0 Å². The molecule has 26 heavy (non-hydrogen) atoms. The number of anilines is 2. The van der Waals surface area contributed by atoms with Crippen LogP contribution in [0.25, 0.3) is 0 Å². The van der Waals surface area contributed by atoms with E-state index < -0.39 is 33.1 Å². The summed E-state index contributed by atoms with van der Waals surface area (Å²) < 4.78 is 50.3. The van der Waals surface area contributed by atoms with E-state index in [1.54, 1.807) is 11.9 Å². The van der Waals surface area contributed by atoms with Crippen molar-refractivity contribution in [2.45, 2.75) is 12.5 Å². The molecule has 2 heterocycles. The van der Waals surface area contributed by atoms with E-state index in [0.29, 0.717) is 6.42 Å². The van der Waals surface area contributed by atoms with Crippen LogP contribution in [0.4, 0.5) is 20.4 Å². The highest BCUT2D eigenvalue weighted by Gasteiger charge is 2.31. The number of carbonyl (C=O) groups excluding carboxylic acids is 1. The second kappa shape index (κ2) is 6.94. The molecular formula is C16H16F2N4O3S. The molecule has 1 aliphatic heterocycles. The Kier molecular flexibility index (Phi) is 4.86. The minimum Gasteiger partial charge on any atom is -0.340 e. The second-order valence-electron chi connectivity index (χ2n) is 5.99. The van der Waals surface area contributed by atoms with Crippen molar-refractivity contribution in [2.24, 2.45) is 0 Å². The summed E-state index contributed by atoms with van der Waals surface area (Å²) in [6.45, 7) is 0. The molecule has 1 atom stereocenters. The lowest BCUT2D eigenvalue weighted by molar-refractivity contribution is 0.102. The Labute approximate surface area is 149 Å². The predicted molar refractivity (Wildman–Crippen MR) is 91.8 cm³/mol. The molecule has 1 aromatic carbocycles. The van der Waals surface area contributed by atoms with Gasteiger partial charge < -0.3 is 10.2 Å². The van der Waals surface area contributed by atoms with Crippen molar-refractivity contribution >= 4 is 27.4 Å². The molecule has 1 unspecified atom stereocenters. The lowest BCUT2D eigenvalue weighted by Crippen LogP contribution is -2.34. The Balaban J connectivity index is 1.72.